The smallest absolute Gasteiger partial charge is 0.338 e. The third-order valence-electron chi connectivity index (χ3n) is 3.72. The van der Waals surface area contributed by atoms with Gasteiger partial charge in [-0.2, -0.15) is 5.26 Å². The summed E-state index contributed by atoms with van der Waals surface area (Å²) in [5.74, 6) is -2.01. The first-order valence-corrected chi connectivity index (χ1v) is 8.81. The molecule has 0 bridgehead atoms. The first-order valence-electron chi connectivity index (χ1n) is 8.44. The lowest BCUT2D eigenvalue weighted by Gasteiger charge is -2.14. The van der Waals surface area contributed by atoms with E-state index < -0.39 is 28.8 Å². The number of benzene rings is 2. The summed E-state index contributed by atoms with van der Waals surface area (Å²) in [5, 5.41) is 24.2. The van der Waals surface area contributed by atoms with Gasteiger partial charge in [-0.05, 0) is 37.3 Å². The third-order valence-corrected chi connectivity index (χ3v) is 4.05. The molecule has 2 rings (SSSR count). The molecule has 10 nitrogen and oxygen atoms in total. The Bertz CT molecular complexity index is 1030. The van der Waals surface area contributed by atoms with Gasteiger partial charge in [0.1, 0.15) is 6.42 Å². The van der Waals surface area contributed by atoms with E-state index in [4.69, 9.17) is 21.6 Å². The number of rotatable bonds is 7. The van der Waals surface area contributed by atoms with Crippen molar-refractivity contribution in [1.29, 1.82) is 5.26 Å². The molecule has 2 aromatic rings. The van der Waals surface area contributed by atoms with E-state index in [0.717, 1.165) is 6.07 Å². The molecule has 0 aliphatic carbocycles. The SMILES string of the molecule is CC(OC(=O)c1ccc(NC(=O)CC#N)cc1)C(=O)Nc1cc([N+](=O)[O-])ccc1Cl. The van der Waals surface area contributed by atoms with Gasteiger partial charge in [-0.25, -0.2) is 4.79 Å². The minimum absolute atomic E-state index is 0.0104. The molecule has 11 heteroatoms. The molecule has 0 radical (unpaired) electrons. The van der Waals surface area contributed by atoms with Crippen molar-refractivity contribution in [2.45, 2.75) is 19.4 Å². The zero-order chi connectivity index (χ0) is 22.3. The highest BCUT2D eigenvalue weighted by atomic mass is 35.5. The Kier molecular flexibility index (Phi) is 7.44. The first-order chi connectivity index (χ1) is 14.2. The third kappa shape index (κ3) is 6.02. The molecule has 0 aliphatic rings. The number of non-ortho nitro benzene ring substituents is 1. The molecule has 1 atom stereocenters. The predicted octanol–water partition coefficient (Wildman–Crippen LogP) is 3.28. The Labute approximate surface area is 175 Å². The summed E-state index contributed by atoms with van der Waals surface area (Å²) in [7, 11) is 0. The van der Waals surface area contributed by atoms with E-state index in [-0.39, 0.29) is 28.4 Å². The Morgan fingerprint density at radius 3 is 2.47 bits per heavy atom. The number of hydrogen-bond acceptors (Lipinski definition) is 7. The summed E-state index contributed by atoms with van der Waals surface area (Å²) in [6.07, 6.45) is -1.52. The van der Waals surface area contributed by atoms with Gasteiger partial charge in [0.15, 0.2) is 6.10 Å². The Balaban J connectivity index is 1.99. The van der Waals surface area contributed by atoms with Gasteiger partial charge in [0.2, 0.25) is 5.91 Å². The number of hydrogen-bond donors (Lipinski definition) is 2. The molecular formula is C19H15ClN4O6. The van der Waals surface area contributed by atoms with E-state index in [9.17, 15) is 24.5 Å². The van der Waals surface area contributed by atoms with Crippen LogP contribution in [0, 0.1) is 21.4 Å². The maximum Gasteiger partial charge on any atom is 0.338 e. The molecule has 0 aromatic heterocycles. The largest absolute Gasteiger partial charge is 0.449 e. The van der Waals surface area contributed by atoms with Gasteiger partial charge in [0.25, 0.3) is 11.6 Å². The fourth-order valence-electron chi connectivity index (χ4n) is 2.21. The molecule has 0 saturated carbocycles. The van der Waals surface area contributed by atoms with Crippen LogP contribution in [0.4, 0.5) is 17.1 Å². The van der Waals surface area contributed by atoms with Crippen molar-refractivity contribution in [2.75, 3.05) is 10.6 Å². The van der Waals surface area contributed by atoms with E-state index in [0.29, 0.717) is 5.69 Å². The number of nitrogens with zero attached hydrogens (tertiary/aromatic N) is 2. The Morgan fingerprint density at radius 1 is 1.20 bits per heavy atom. The van der Waals surface area contributed by atoms with Crippen molar-refractivity contribution in [1.82, 2.24) is 0 Å². The molecule has 30 heavy (non-hydrogen) atoms. The average molecular weight is 431 g/mol. The number of ether oxygens (including phenoxy) is 1. The van der Waals surface area contributed by atoms with E-state index in [2.05, 4.69) is 10.6 Å². The van der Waals surface area contributed by atoms with Crippen LogP contribution in [0.2, 0.25) is 5.02 Å². The van der Waals surface area contributed by atoms with Crippen LogP contribution in [-0.4, -0.2) is 28.8 Å². The fraction of sp³-hybridized carbons (Fsp3) is 0.158. The summed E-state index contributed by atoms with van der Waals surface area (Å²) in [5.41, 5.74) is 0.261. The highest BCUT2D eigenvalue weighted by Gasteiger charge is 2.21. The van der Waals surface area contributed by atoms with Crippen molar-refractivity contribution in [2.24, 2.45) is 0 Å². The second kappa shape index (κ2) is 9.99. The second-order valence-electron chi connectivity index (χ2n) is 5.92. The van der Waals surface area contributed by atoms with Gasteiger partial charge in [-0.3, -0.25) is 19.7 Å². The molecular weight excluding hydrogens is 416 g/mol. The monoisotopic (exact) mass is 430 g/mol. The molecule has 2 aromatic carbocycles. The number of amides is 2. The quantitative estimate of drug-likeness (QED) is 0.388. The molecule has 1 unspecified atom stereocenters. The fourth-order valence-corrected chi connectivity index (χ4v) is 2.37. The number of carbonyl (C=O) groups is 3. The highest BCUT2D eigenvalue weighted by Crippen LogP contribution is 2.27. The van der Waals surface area contributed by atoms with E-state index in [1.807, 2.05) is 0 Å². The van der Waals surface area contributed by atoms with Crippen molar-refractivity contribution in [3.63, 3.8) is 0 Å². The lowest BCUT2D eigenvalue weighted by Crippen LogP contribution is -2.30. The number of nitriles is 1. The second-order valence-corrected chi connectivity index (χ2v) is 6.33. The van der Waals surface area contributed by atoms with E-state index in [1.54, 1.807) is 6.07 Å². The lowest BCUT2D eigenvalue weighted by atomic mass is 10.2. The number of carbonyl (C=O) groups excluding carboxylic acids is 3. The molecule has 2 N–H and O–H groups in total. The zero-order valence-corrected chi connectivity index (χ0v) is 16.3. The Hall–Kier alpha value is -3.97. The van der Waals surface area contributed by atoms with Crippen LogP contribution in [0.3, 0.4) is 0 Å². The van der Waals surface area contributed by atoms with Crippen molar-refractivity contribution in [3.05, 3.63) is 63.2 Å². The normalized spacial score (nSPS) is 11.0. The van der Waals surface area contributed by atoms with Gasteiger partial charge < -0.3 is 15.4 Å². The van der Waals surface area contributed by atoms with Crippen LogP contribution in [0.5, 0.6) is 0 Å². The van der Waals surface area contributed by atoms with Gasteiger partial charge >= 0.3 is 5.97 Å². The molecule has 0 heterocycles. The maximum atomic E-state index is 12.3. The summed E-state index contributed by atoms with van der Waals surface area (Å²) in [6, 6.07) is 10.9. The number of halogens is 1. The van der Waals surface area contributed by atoms with Crippen LogP contribution >= 0.6 is 11.6 Å². The summed E-state index contributed by atoms with van der Waals surface area (Å²) in [6.45, 7) is 1.33. The Morgan fingerprint density at radius 2 is 1.87 bits per heavy atom. The predicted molar refractivity (Wildman–Crippen MR) is 107 cm³/mol. The van der Waals surface area contributed by atoms with Crippen LogP contribution in [-0.2, 0) is 14.3 Å². The highest BCUT2D eigenvalue weighted by molar-refractivity contribution is 6.33. The van der Waals surface area contributed by atoms with Crippen LogP contribution in [0.15, 0.2) is 42.5 Å². The molecule has 2 amide bonds. The number of nitro groups is 1. The maximum absolute atomic E-state index is 12.3. The topological polar surface area (TPSA) is 151 Å². The number of nitrogens with one attached hydrogen (secondary N) is 2. The number of esters is 1. The van der Waals surface area contributed by atoms with Crippen LogP contribution < -0.4 is 10.6 Å². The standard InChI is InChI=1S/C19H15ClN4O6/c1-11(18(26)23-16-10-14(24(28)29)6-7-15(16)20)30-19(27)12-2-4-13(5-3-12)22-17(25)8-9-21/h2-7,10-11H,8H2,1H3,(H,22,25)(H,23,26). The van der Waals surface area contributed by atoms with Gasteiger partial charge in [-0.1, -0.05) is 11.6 Å². The summed E-state index contributed by atoms with van der Waals surface area (Å²) >= 11 is 5.93. The molecule has 0 aliphatic heterocycles. The number of nitro benzene ring substituents is 1. The zero-order valence-electron chi connectivity index (χ0n) is 15.5. The molecule has 154 valence electrons. The lowest BCUT2D eigenvalue weighted by molar-refractivity contribution is -0.384. The average Bonchev–Trinajstić information content (AvgIpc) is 2.70. The molecule has 0 fully saturated rings. The van der Waals surface area contributed by atoms with Crippen LogP contribution in [0.25, 0.3) is 0 Å². The summed E-state index contributed by atoms with van der Waals surface area (Å²) in [4.78, 5) is 46.0. The molecule has 0 spiro atoms. The van der Waals surface area contributed by atoms with Gasteiger partial charge in [0, 0.05) is 17.8 Å². The van der Waals surface area contributed by atoms with E-state index >= 15 is 0 Å². The minimum Gasteiger partial charge on any atom is -0.449 e. The van der Waals surface area contributed by atoms with Crippen molar-refractivity contribution < 1.29 is 24.0 Å². The van der Waals surface area contributed by atoms with Gasteiger partial charge in [0.05, 0.1) is 27.3 Å². The molecule has 0 saturated heterocycles. The summed E-state index contributed by atoms with van der Waals surface area (Å²) < 4.78 is 5.09. The van der Waals surface area contributed by atoms with Crippen LogP contribution in [0.1, 0.15) is 23.7 Å². The van der Waals surface area contributed by atoms with Crippen molar-refractivity contribution in [3.8, 4) is 6.07 Å². The first kappa shape index (κ1) is 22.3. The van der Waals surface area contributed by atoms with Gasteiger partial charge in [-0.15, -0.1) is 0 Å². The minimum atomic E-state index is -1.22. The van der Waals surface area contributed by atoms with Crippen molar-refractivity contribution >= 4 is 46.4 Å². The van der Waals surface area contributed by atoms with E-state index in [1.165, 1.54) is 43.3 Å². The number of anilines is 2.